The van der Waals surface area contributed by atoms with Gasteiger partial charge in [-0.05, 0) is 31.9 Å². The Hall–Kier alpha value is -1.55. The topological polar surface area (TPSA) is 55.8 Å². The Morgan fingerprint density at radius 3 is 2.35 bits per heavy atom. The lowest BCUT2D eigenvalue weighted by Gasteiger charge is -2.35. The van der Waals surface area contributed by atoms with Crippen LogP contribution in [0.1, 0.15) is 31.9 Å². The summed E-state index contributed by atoms with van der Waals surface area (Å²) in [5, 5.41) is 11.0. The minimum Gasteiger partial charge on any atom is -0.496 e. The minimum atomic E-state index is -1.36. The molecule has 20 heavy (non-hydrogen) atoms. The standard InChI is InChI=1S/C16H24O4/c1-10(2)14(15(17)20-6)16(4,18)12-9-11(3)7-8-13(12)19-5/h7-10,14,18H,1-6H3. The van der Waals surface area contributed by atoms with Gasteiger partial charge in [0.15, 0.2) is 0 Å². The molecule has 1 rings (SSSR count). The third-order valence-corrected chi connectivity index (χ3v) is 3.63. The highest BCUT2D eigenvalue weighted by Crippen LogP contribution is 2.40. The van der Waals surface area contributed by atoms with Crippen molar-refractivity contribution in [1.82, 2.24) is 0 Å². The van der Waals surface area contributed by atoms with Gasteiger partial charge in [0.2, 0.25) is 0 Å². The molecule has 0 aromatic heterocycles. The van der Waals surface area contributed by atoms with Gasteiger partial charge in [0, 0.05) is 5.56 Å². The Morgan fingerprint density at radius 1 is 1.30 bits per heavy atom. The molecular formula is C16H24O4. The van der Waals surface area contributed by atoms with Gasteiger partial charge >= 0.3 is 5.97 Å². The summed E-state index contributed by atoms with van der Waals surface area (Å²) in [4.78, 5) is 12.0. The Morgan fingerprint density at radius 2 is 1.90 bits per heavy atom. The zero-order valence-electron chi connectivity index (χ0n) is 13.1. The Kier molecular flexibility index (Phi) is 5.17. The first-order valence-corrected chi connectivity index (χ1v) is 6.71. The van der Waals surface area contributed by atoms with Crippen LogP contribution in [-0.2, 0) is 15.1 Å². The molecule has 1 aromatic carbocycles. The van der Waals surface area contributed by atoms with E-state index in [0.717, 1.165) is 5.56 Å². The van der Waals surface area contributed by atoms with Crippen LogP contribution in [0.25, 0.3) is 0 Å². The van der Waals surface area contributed by atoms with Crippen LogP contribution in [0.15, 0.2) is 18.2 Å². The summed E-state index contributed by atoms with van der Waals surface area (Å²) in [7, 11) is 2.88. The molecule has 0 aliphatic rings. The third kappa shape index (κ3) is 3.12. The lowest BCUT2D eigenvalue weighted by molar-refractivity contribution is -0.159. The van der Waals surface area contributed by atoms with Gasteiger partial charge in [-0.25, -0.2) is 0 Å². The molecule has 0 amide bonds. The molecule has 2 unspecified atom stereocenters. The second-order valence-electron chi connectivity index (χ2n) is 5.60. The van der Waals surface area contributed by atoms with Gasteiger partial charge in [-0.15, -0.1) is 0 Å². The van der Waals surface area contributed by atoms with Gasteiger partial charge in [0.25, 0.3) is 0 Å². The summed E-state index contributed by atoms with van der Waals surface area (Å²) in [5.41, 5.74) is 0.232. The van der Waals surface area contributed by atoms with Crippen molar-refractivity contribution in [2.75, 3.05) is 14.2 Å². The first kappa shape index (κ1) is 16.5. The van der Waals surface area contributed by atoms with Crippen molar-refractivity contribution in [1.29, 1.82) is 0 Å². The molecule has 0 aliphatic heterocycles. The molecule has 0 spiro atoms. The zero-order chi connectivity index (χ0) is 15.5. The van der Waals surface area contributed by atoms with Crippen LogP contribution in [0, 0.1) is 18.8 Å². The molecule has 2 atom stereocenters. The SMILES string of the molecule is COC(=O)C(C(C)C)C(C)(O)c1cc(C)ccc1OC. The normalized spacial score (nSPS) is 15.6. The Balaban J connectivity index is 3.39. The van der Waals surface area contributed by atoms with Crippen LogP contribution < -0.4 is 4.74 Å². The van der Waals surface area contributed by atoms with Gasteiger partial charge in [0.1, 0.15) is 11.4 Å². The number of hydrogen-bond acceptors (Lipinski definition) is 4. The van der Waals surface area contributed by atoms with Crippen molar-refractivity contribution in [3.63, 3.8) is 0 Å². The highest BCUT2D eigenvalue weighted by atomic mass is 16.5. The van der Waals surface area contributed by atoms with Crippen LogP contribution >= 0.6 is 0 Å². The van der Waals surface area contributed by atoms with Crippen LogP contribution in [0.2, 0.25) is 0 Å². The lowest BCUT2D eigenvalue weighted by Crippen LogP contribution is -2.41. The molecule has 0 bridgehead atoms. The maximum atomic E-state index is 12.0. The summed E-state index contributed by atoms with van der Waals surface area (Å²) in [6.07, 6.45) is 0. The minimum absolute atomic E-state index is 0.0670. The van der Waals surface area contributed by atoms with E-state index in [1.54, 1.807) is 20.1 Å². The summed E-state index contributed by atoms with van der Waals surface area (Å²) in [6.45, 7) is 7.34. The molecule has 4 nitrogen and oxygen atoms in total. The maximum absolute atomic E-state index is 12.0. The highest BCUT2D eigenvalue weighted by Gasteiger charge is 2.43. The highest BCUT2D eigenvalue weighted by molar-refractivity contribution is 5.74. The molecule has 1 aromatic rings. The van der Waals surface area contributed by atoms with E-state index in [4.69, 9.17) is 9.47 Å². The van der Waals surface area contributed by atoms with Gasteiger partial charge in [-0.3, -0.25) is 4.79 Å². The molecule has 0 radical (unpaired) electrons. The monoisotopic (exact) mass is 280 g/mol. The second-order valence-corrected chi connectivity index (χ2v) is 5.60. The van der Waals surface area contributed by atoms with Crippen LogP contribution in [0.5, 0.6) is 5.75 Å². The van der Waals surface area contributed by atoms with E-state index >= 15 is 0 Å². The smallest absolute Gasteiger partial charge is 0.312 e. The number of methoxy groups -OCH3 is 2. The quantitative estimate of drug-likeness (QED) is 0.842. The summed E-state index contributed by atoms with van der Waals surface area (Å²) < 4.78 is 10.2. The largest absolute Gasteiger partial charge is 0.496 e. The average Bonchev–Trinajstić information content (AvgIpc) is 2.37. The van der Waals surface area contributed by atoms with E-state index < -0.39 is 17.5 Å². The molecule has 0 saturated heterocycles. The molecular weight excluding hydrogens is 256 g/mol. The molecule has 1 N–H and O–H groups in total. The summed E-state index contributed by atoms with van der Waals surface area (Å²) in [5.74, 6) is -0.588. The van der Waals surface area contributed by atoms with Crippen LogP contribution in [0.3, 0.4) is 0 Å². The van der Waals surface area contributed by atoms with Crippen molar-refractivity contribution in [2.24, 2.45) is 11.8 Å². The predicted molar refractivity (Wildman–Crippen MR) is 77.6 cm³/mol. The molecule has 4 heteroatoms. The molecule has 0 fully saturated rings. The van der Waals surface area contributed by atoms with E-state index in [0.29, 0.717) is 11.3 Å². The van der Waals surface area contributed by atoms with Crippen LogP contribution in [-0.4, -0.2) is 25.3 Å². The first-order chi connectivity index (χ1) is 9.25. The number of benzene rings is 1. The van der Waals surface area contributed by atoms with Gasteiger partial charge in [-0.2, -0.15) is 0 Å². The molecule has 0 heterocycles. The number of rotatable bonds is 5. The van der Waals surface area contributed by atoms with Crippen molar-refractivity contribution in [3.8, 4) is 5.75 Å². The molecule has 0 aliphatic carbocycles. The zero-order valence-corrected chi connectivity index (χ0v) is 13.1. The predicted octanol–water partition coefficient (Wildman–Crippen LogP) is 2.66. The fourth-order valence-corrected chi connectivity index (χ4v) is 2.66. The average molecular weight is 280 g/mol. The number of aryl methyl sites for hydroxylation is 1. The number of hydrogen-bond donors (Lipinski definition) is 1. The van der Waals surface area contributed by atoms with Gasteiger partial charge in [0.05, 0.1) is 20.1 Å². The summed E-state index contributed by atoms with van der Waals surface area (Å²) >= 11 is 0. The van der Waals surface area contributed by atoms with Gasteiger partial charge in [-0.1, -0.05) is 25.5 Å². The number of ether oxygens (including phenoxy) is 2. The van der Waals surface area contributed by atoms with Crippen molar-refractivity contribution in [2.45, 2.75) is 33.3 Å². The number of carbonyl (C=O) groups excluding carboxylic acids is 1. The Labute approximate surface area is 120 Å². The number of carbonyl (C=O) groups is 1. The maximum Gasteiger partial charge on any atom is 0.312 e. The Bertz CT molecular complexity index is 477. The van der Waals surface area contributed by atoms with E-state index in [2.05, 4.69) is 0 Å². The van der Waals surface area contributed by atoms with Crippen molar-refractivity contribution in [3.05, 3.63) is 29.3 Å². The lowest BCUT2D eigenvalue weighted by atomic mass is 9.76. The second kappa shape index (κ2) is 6.27. The number of esters is 1. The van der Waals surface area contributed by atoms with E-state index in [1.165, 1.54) is 7.11 Å². The summed E-state index contributed by atoms with van der Waals surface area (Å²) in [6, 6.07) is 5.55. The van der Waals surface area contributed by atoms with E-state index in [-0.39, 0.29) is 5.92 Å². The molecule has 0 saturated carbocycles. The molecule has 112 valence electrons. The van der Waals surface area contributed by atoms with E-state index in [1.807, 2.05) is 32.9 Å². The van der Waals surface area contributed by atoms with Gasteiger partial charge < -0.3 is 14.6 Å². The van der Waals surface area contributed by atoms with Crippen LogP contribution in [0.4, 0.5) is 0 Å². The van der Waals surface area contributed by atoms with Crippen molar-refractivity contribution >= 4 is 5.97 Å². The third-order valence-electron chi connectivity index (χ3n) is 3.63. The first-order valence-electron chi connectivity index (χ1n) is 6.71. The number of aliphatic hydroxyl groups is 1. The van der Waals surface area contributed by atoms with E-state index in [9.17, 15) is 9.90 Å². The fourth-order valence-electron chi connectivity index (χ4n) is 2.66. The van der Waals surface area contributed by atoms with Crippen molar-refractivity contribution < 1.29 is 19.4 Å². The fraction of sp³-hybridized carbons (Fsp3) is 0.562.